The third kappa shape index (κ3) is 4.72. The third-order valence-corrected chi connectivity index (χ3v) is 6.69. The minimum Gasteiger partial charge on any atom is -0.465 e. The molecule has 170 valence electrons. The predicted octanol–water partition coefficient (Wildman–Crippen LogP) is 3.01. The molecule has 0 radical (unpaired) electrons. The van der Waals surface area contributed by atoms with Crippen LogP contribution in [-0.2, 0) is 20.7 Å². The number of carbonyl (C=O) groups is 4. The van der Waals surface area contributed by atoms with Gasteiger partial charge in [0.15, 0.2) is 5.78 Å². The van der Waals surface area contributed by atoms with Crippen molar-refractivity contribution in [3.05, 3.63) is 51.8 Å². The second kappa shape index (κ2) is 9.60. The summed E-state index contributed by atoms with van der Waals surface area (Å²) in [7, 11) is 1.25. The van der Waals surface area contributed by atoms with E-state index in [2.05, 4.69) is 10.3 Å². The fourth-order valence-corrected chi connectivity index (χ4v) is 4.91. The molecule has 0 bridgehead atoms. The number of carbonyl (C=O) groups excluding carboxylic acids is 4. The first-order valence-corrected chi connectivity index (χ1v) is 11.4. The van der Waals surface area contributed by atoms with E-state index in [1.165, 1.54) is 30.7 Å². The molecule has 1 atom stereocenters. The number of H-pyrrole nitrogens is 1. The van der Waals surface area contributed by atoms with E-state index in [0.29, 0.717) is 28.6 Å². The van der Waals surface area contributed by atoms with Crippen molar-refractivity contribution >= 4 is 41.0 Å². The fraction of sp³-hybridized carbons (Fsp3) is 0.391. The number of esters is 1. The molecular weight excluding hydrogens is 430 g/mol. The van der Waals surface area contributed by atoms with Gasteiger partial charge in [0.25, 0.3) is 0 Å². The van der Waals surface area contributed by atoms with Gasteiger partial charge in [-0.3, -0.25) is 14.4 Å². The first-order valence-electron chi connectivity index (χ1n) is 10.2. The maximum Gasteiger partial charge on any atom is 0.339 e. The number of nitrogens with zero attached hydrogens (tertiary/aromatic N) is 1. The number of aromatic nitrogens is 1. The number of thioether (sulfide) groups is 1. The Morgan fingerprint density at radius 1 is 1.19 bits per heavy atom. The quantitative estimate of drug-likeness (QED) is 0.510. The highest BCUT2D eigenvalue weighted by molar-refractivity contribution is 7.99. The molecule has 1 aliphatic heterocycles. The molecule has 0 saturated carbocycles. The van der Waals surface area contributed by atoms with Gasteiger partial charge in [-0.1, -0.05) is 6.07 Å². The summed E-state index contributed by atoms with van der Waals surface area (Å²) in [5, 5.41) is 2.89. The molecule has 1 aromatic carbocycles. The van der Waals surface area contributed by atoms with Gasteiger partial charge in [-0.25, -0.2) is 4.79 Å². The highest BCUT2D eigenvalue weighted by atomic mass is 32.2. The number of hydrogen-bond acceptors (Lipinski definition) is 6. The molecule has 1 aromatic heterocycles. The van der Waals surface area contributed by atoms with Gasteiger partial charge in [-0.05, 0) is 49.6 Å². The summed E-state index contributed by atoms with van der Waals surface area (Å²) < 4.78 is 4.84. The average Bonchev–Trinajstić information content (AvgIpc) is 3.35. The molecule has 2 aromatic rings. The van der Waals surface area contributed by atoms with E-state index in [4.69, 9.17) is 4.74 Å². The van der Waals surface area contributed by atoms with Crippen LogP contribution in [0, 0.1) is 20.8 Å². The smallest absolute Gasteiger partial charge is 0.339 e. The molecule has 2 heterocycles. The van der Waals surface area contributed by atoms with Crippen LogP contribution in [0.15, 0.2) is 18.2 Å². The summed E-state index contributed by atoms with van der Waals surface area (Å²) in [6.07, 6.45) is -0.146. The van der Waals surface area contributed by atoms with Crippen molar-refractivity contribution in [1.29, 1.82) is 0 Å². The number of ether oxygens (including phenoxy) is 1. The number of aromatic amines is 1. The summed E-state index contributed by atoms with van der Waals surface area (Å²) in [5.74, 6) is -0.572. The van der Waals surface area contributed by atoms with Gasteiger partial charge < -0.3 is 19.9 Å². The van der Waals surface area contributed by atoms with Gasteiger partial charge in [0.05, 0.1) is 30.7 Å². The summed E-state index contributed by atoms with van der Waals surface area (Å²) >= 11 is 1.49. The number of hydrogen-bond donors (Lipinski definition) is 2. The second-order valence-corrected chi connectivity index (χ2v) is 8.87. The van der Waals surface area contributed by atoms with Crippen LogP contribution in [0.3, 0.4) is 0 Å². The lowest BCUT2D eigenvalue weighted by Crippen LogP contribution is -2.45. The number of anilines is 1. The van der Waals surface area contributed by atoms with E-state index >= 15 is 0 Å². The zero-order valence-corrected chi connectivity index (χ0v) is 19.6. The maximum absolute atomic E-state index is 13.1. The van der Waals surface area contributed by atoms with Crippen LogP contribution in [0.1, 0.15) is 50.2 Å². The molecule has 32 heavy (non-hydrogen) atoms. The minimum atomic E-state index is -0.626. The van der Waals surface area contributed by atoms with Crippen molar-refractivity contribution < 1.29 is 23.9 Å². The van der Waals surface area contributed by atoms with E-state index < -0.39 is 12.0 Å². The normalized spacial score (nSPS) is 15.5. The SMILES string of the molecule is COC(=O)c1c(CC(=O)N2CSCC2C(=O)Nc2ccc(C)c(C)c2)[nH]c(C(C)=O)c1C. The van der Waals surface area contributed by atoms with Crippen molar-refractivity contribution in [1.82, 2.24) is 9.88 Å². The molecule has 2 N–H and O–H groups in total. The number of ketones is 1. The van der Waals surface area contributed by atoms with Crippen LogP contribution in [0.25, 0.3) is 0 Å². The Kier molecular flexibility index (Phi) is 7.08. The Morgan fingerprint density at radius 2 is 1.91 bits per heavy atom. The van der Waals surface area contributed by atoms with Gasteiger partial charge in [0, 0.05) is 24.1 Å². The lowest BCUT2D eigenvalue weighted by Gasteiger charge is -2.23. The molecule has 1 fully saturated rings. The standard InChI is InChI=1S/C23H27N3O5S/c1-12-6-7-16(8-13(12)2)24-22(29)18-10-32-11-26(18)19(28)9-17-20(23(30)31-5)14(3)21(25-17)15(4)27/h6-8,18,25H,9-11H2,1-5H3,(H,24,29). The lowest BCUT2D eigenvalue weighted by atomic mass is 10.1. The topological polar surface area (TPSA) is 109 Å². The summed E-state index contributed by atoms with van der Waals surface area (Å²) in [6, 6.07) is 5.04. The van der Waals surface area contributed by atoms with Crippen molar-refractivity contribution in [2.24, 2.45) is 0 Å². The minimum absolute atomic E-state index is 0.146. The largest absolute Gasteiger partial charge is 0.465 e. The molecule has 9 heteroatoms. The van der Waals surface area contributed by atoms with Gasteiger partial charge in [0.2, 0.25) is 11.8 Å². The van der Waals surface area contributed by atoms with Gasteiger partial charge in [-0.2, -0.15) is 0 Å². The number of methoxy groups -OCH3 is 1. The van der Waals surface area contributed by atoms with E-state index in [0.717, 1.165) is 11.1 Å². The molecule has 1 aliphatic rings. The van der Waals surface area contributed by atoms with Crippen molar-refractivity contribution in [2.45, 2.75) is 40.2 Å². The Labute approximate surface area is 191 Å². The first-order chi connectivity index (χ1) is 15.1. The van der Waals surface area contributed by atoms with Gasteiger partial charge >= 0.3 is 5.97 Å². The number of aryl methyl sites for hydroxylation is 2. The Morgan fingerprint density at radius 3 is 2.53 bits per heavy atom. The first kappa shape index (κ1) is 23.6. The number of nitrogens with one attached hydrogen (secondary N) is 2. The van der Waals surface area contributed by atoms with Crippen molar-refractivity contribution in [2.75, 3.05) is 24.1 Å². The van der Waals surface area contributed by atoms with E-state index in [9.17, 15) is 19.2 Å². The predicted molar refractivity (Wildman–Crippen MR) is 123 cm³/mol. The summed E-state index contributed by atoms with van der Waals surface area (Å²) in [5.41, 5.74) is 4.10. The van der Waals surface area contributed by atoms with Crippen LogP contribution in [0.5, 0.6) is 0 Å². The summed E-state index contributed by atoms with van der Waals surface area (Å²) in [4.78, 5) is 54.6. The molecule has 1 unspecified atom stereocenters. The van der Waals surface area contributed by atoms with Crippen LogP contribution in [0.4, 0.5) is 5.69 Å². The zero-order valence-electron chi connectivity index (χ0n) is 18.8. The summed E-state index contributed by atoms with van der Waals surface area (Å²) in [6.45, 7) is 6.99. The van der Waals surface area contributed by atoms with Crippen LogP contribution < -0.4 is 5.32 Å². The van der Waals surface area contributed by atoms with E-state index in [1.54, 1.807) is 6.92 Å². The Balaban J connectivity index is 1.79. The maximum atomic E-state index is 13.1. The number of benzene rings is 1. The lowest BCUT2D eigenvalue weighted by molar-refractivity contribution is -0.135. The third-order valence-electron chi connectivity index (χ3n) is 5.68. The molecule has 1 saturated heterocycles. The number of amides is 2. The second-order valence-electron chi connectivity index (χ2n) is 7.87. The highest BCUT2D eigenvalue weighted by Gasteiger charge is 2.36. The van der Waals surface area contributed by atoms with E-state index in [-0.39, 0.29) is 35.3 Å². The average molecular weight is 458 g/mol. The van der Waals surface area contributed by atoms with Crippen molar-refractivity contribution in [3.8, 4) is 0 Å². The van der Waals surface area contributed by atoms with Gasteiger partial charge in [-0.15, -0.1) is 11.8 Å². The Hall–Kier alpha value is -3.07. The van der Waals surface area contributed by atoms with Gasteiger partial charge in [0.1, 0.15) is 6.04 Å². The molecule has 3 rings (SSSR count). The zero-order chi connectivity index (χ0) is 23.6. The molecule has 0 spiro atoms. The van der Waals surface area contributed by atoms with E-state index in [1.807, 2.05) is 32.0 Å². The monoisotopic (exact) mass is 457 g/mol. The fourth-order valence-electron chi connectivity index (χ4n) is 3.72. The number of Topliss-reactive ketones (excluding diaryl/α,β-unsaturated/α-hetero) is 1. The van der Waals surface area contributed by atoms with Crippen LogP contribution in [-0.4, -0.2) is 58.2 Å². The molecule has 2 amide bonds. The highest BCUT2D eigenvalue weighted by Crippen LogP contribution is 2.26. The molecule has 0 aliphatic carbocycles. The van der Waals surface area contributed by atoms with Crippen LogP contribution >= 0.6 is 11.8 Å². The Bertz CT molecular complexity index is 1090. The number of rotatable bonds is 6. The molecular formula is C23H27N3O5S. The molecule has 8 nitrogen and oxygen atoms in total. The van der Waals surface area contributed by atoms with Crippen molar-refractivity contribution in [3.63, 3.8) is 0 Å². The van der Waals surface area contributed by atoms with Crippen LogP contribution in [0.2, 0.25) is 0 Å².